The van der Waals surface area contributed by atoms with Gasteiger partial charge >= 0.3 is 5.69 Å². The first-order chi connectivity index (χ1) is 8.16. The minimum atomic E-state index is -0.271. The highest BCUT2D eigenvalue weighted by Gasteiger charge is 2.02. The van der Waals surface area contributed by atoms with E-state index in [1.165, 1.54) is 22.5 Å². The molecule has 0 bridgehead atoms. The highest BCUT2D eigenvalue weighted by molar-refractivity contribution is 7.98. The van der Waals surface area contributed by atoms with Gasteiger partial charge in [-0.15, -0.1) is 11.8 Å². The number of thioether (sulfide) groups is 1. The van der Waals surface area contributed by atoms with Gasteiger partial charge in [-0.25, -0.2) is 9.78 Å². The Kier molecular flexibility index (Phi) is 3.71. The Balaban J connectivity index is 2.13. The van der Waals surface area contributed by atoms with Crippen molar-refractivity contribution in [2.75, 3.05) is 5.73 Å². The highest BCUT2D eigenvalue weighted by atomic mass is 35.5. The van der Waals surface area contributed by atoms with E-state index < -0.39 is 0 Å². The molecule has 2 aromatic rings. The summed E-state index contributed by atoms with van der Waals surface area (Å²) in [5, 5.41) is 0.602. The Morgan fingerprint density at radius 1 is 1.47 bits per heavy atom. The molecule has 0 spiro atoms. The Hall–Kier alpha value is -1.46. The van der Waals surface area contributed by atoms with Crippen molar-refractivity contribution in [1.29, 1.82) is 0 Å². The quantitative estimate of drug-likeness (QED) is 0.684. The fourth-order valence-electron chi connectivity index (χ4n) is 1.28. The van der Waals surface area contributed by atoms with Gasteiger partial charge in [0.05, 0.1) is 5.88 Å². The minimum Gasteiger partial charge on any atom is -0.398 e. The highest BCUT2D eigenvalue weighted by Crippen LogP contribution is 2.28. The number of rotatable bonds is 3. The number of nitrogen functional groups attached to an aromatic ring is 1. The van der Waals surface area contributed by atoms with Crippen LogP contribution in [-0.4, -0.2) is 9.55 Å². The summed E-state index contributed by atoms with van der Waals surface area (Å²) in [7, 11) is 0. The second-order valence-electron chi connectivity index (χ2n) is 3.33. The van der Waals surface area contributed by atoms with Gasteiger partial charge in [0.2, 0.25) is 0 Å². The monoisotopic (exact) mass is 267 g/mol. The van der Waals surface area contributed by atoms with Crippen LogP contribution in [0.15, 0.2) is 46.3 Å². The van der Waals surface area contributed by atoms with E-state index in [2.05, 4.69) is 4.98 Å². The topological polar surface area (TPSA) is 60.9 Å². The second kappa shape index (κ2) is 5.25. The van der Waals surface area contributed by atoms with E-state index >= 15 is 0 Å². The van der Waals surface area contributed by atoms with Crippen LogP contribution in [-0.2, 0) is 5.88 Å². The van der Waals surface area contributed by atoms with E-state index in [9.17, 15) is 4.79 Å². The van der Waals surface area contributed by atoms with Crippen molar-refractivity contribution in [2.45, 2.75) is 10.8 Å². The number of nitrogens with two attached hydrogens (primary N) is 1. The van der Waals surface area contributed by atoms with Crippen molar-refractivity contribution in [3.8, 4) is 0 Å². The molecular weight excluding hydrogens is 258 g/mol. The van der Waals surface area contributed by atoms with Gasteiger partial charge < -0.3 is 5.73 Å². The van der Waals surface area contributed by atoms with Crippen molar-refractivity contribution in [1.82, 2.24) is 9.55 Å². The van der Waals surface area contributed by atoms with E-state index in [1.807, 2.05) is 6.07 Å². The number of anilines is 1. The molecule has 1 aromatic carbocycles. The van der Waals surface area contributed by atoms with E-state index in [1.54, 1.807) is 24.4 Å². The molecule has 0 saturated heterocycles. The van der Waals surface area contributed by atoms with Crippen LogP contribution in [0.3, 0.4) is 0 Å². The third-order valence-corrected chi connectivity index (χ3v) is 3.44. The number of aromatic nitrogens is 2. The summed E-state index contributed by atoms with van der Waals surface area (Å²) in [6.07, 6.45) is 3.16. The molecule has 17 heavy (non-hydrogen) atoms. The maximum absolute atomic E-state index is 11.4. The standard InChI is InChI=1S/C11H10ClN3OS/c12-8-2-3-10(9(13)6-8)17-7-15-5-1-4-14-11(15)16/h1-6H,7,13H2. The molecule has 0 radical (unpaired) electrons. The van der Waals surface area contributed by atoms with Gasteiger partial charge in [0.1, 0.15) is 0 Å². The largest absolute Gasteiger partial charge is 0.398 e. The molecule has 0 unspecified atom stereocenters. The SMILES string of the molecule is Nc1cc(Cl)ccc1SCn1cccnc1=O. The zero-order valence-corrected chi connectivity index (χ0v) is 10.4. The lowest BCUT2D eigenvalue weighted by atomic mass is 10.3. The molecule has 0 aliphatic rings. The molecule has 0 aliphatic heterocycles. The third kappa shape index (κ3) is 3.01. The number of hydrogen-bond donors (Lipinski definition) is 1. The van der Waals surface area contributed by atoms with E-state index in [4.69, 9.17) is 17.3 Å². The lowest BCUT2D eigenvalue weighted by Crippen LogP contribution is -2.20. The molecule has 88 valence electrons. The molecule has 6 heteroatoms. The van der Waals surface area contributed by atoms with Gasteiger partial charge in [0, 0.05) is 28.0 Å². The van der Waals surface area contributed by atoms with Crippen molar-refractivity contribution < 1.29 is 0 Å². The molecule has 0 saturated carbocycles. The van der Waals surface area contributed by atoms with E-state index in [0.29, 0.717) is 16.6 Å². The summed E-state index contributed by atoms with van der Waals surface area (Å²) < 4.78 is 1.51. The first-order valence-electron chi connectivity index (χ1n) is 4.86. The normalized spacial score (nSPS) is 10.4. The molecule has 0 aliphatic carbocycles. The first-order valence-corrected chi connectivity index (χ1v) is 6.22. The molecule has 0 atom stereocenters. The zero-order chi connectivity index (χ0) is 12.3. The van der Waals surface area contributed by atoms with Crippen LogP contribution >= 0.6 is 23.4 Å². The van der Waals surface area contributed by atoms with Crippen LogP contribution in [0, 0.1) is 0 Å². The summed E-state index contributed by atoms with van der Waals surface area (Å²) in [5.41, 5.74) is 6.16. The molecular formula is C11H10ClN3OS. The third-order valence-electron chi connectivity index (χ3n) is 2.11. The molecule has 0 amide bonds. The van der Waals surface area contributed by atoms with Gasteiger partial charge in [-0.2, -0.15) is 0 Å². The Morgan fingerprint density at radius 2 is 2.29 bits per heavy atom. The smallest absolute Gasteiger partial charge is 0.348 e. The van der Waals surface area contributed by atoms with Crippen molar-refractivity contribution >= 4 is 29.1 Å². The lowest BCUT2D eigenvalue weighted by molar-refractivity contribution is 0.793. The average Bonchev–Trinajstić information content (AvgIpc) is 2.30. The van der Waals surface area contributed by atoms with Crippen LogP contribution in [0.4, 0.5) is 5.69 Å². The second-order valence-corrected chi connectivity index (χ2v) is 4.75. The molecule has 0 fully saturated rings. The molecule has 1 aromatic heterocycles. The molecule has 1 heterocycles. The van der Waals surface area contributed by atoms with Gasteiger partial charge in [0.15, 0.2) is 0 Å². The van der Waals surface area contributed by atoms with Crippen LogP contribution in [0.25, 0.3) is 0 Å². The van der Waals surface area contributed by atoms with E-state index in [0.717, 1.165) is 4.90 Å². The Labute approximate surface area is 107 Å². The fourth-order valence-corrected chi connectivity index (χ4v) is 2.32. The van der Waals surface area contributed by atoms with Crippen molar-refractivity contribution in [3.63, 3.8) is 0 Å². The van der Waals surface area contributed by atoms with Crippen LogP contribution in [0.2, 0.25) is 5.02 Å². The summed E-state index contributed by atoms with van der Waals surface area (Å²) in [4.78, 5) is 15.9. The summed E-state index contributed by atoms with van der Waals surface area (Å²) in [6, 6.07) is 7.01. The lowest BCUT2D eigenvalue weighted by Gasteiger charge is -2.07. The number of halogens is 1. The van der Waals surface area contributed by atoms with E-state index in [-0.39, 0.29) is 5.69 Å². The number of benzene rings is 1. The number of hydrogen-bond acceptors (Lipinski definition) is 4. The first kappa shape index (κ1) is 12.0. The summed E-state index contributed by atoms with van der Waals surface area (Å²) in [5.74, 6) is 0.471. The fraction of sp³-hybridized carbons (Fsp3) is 0.0909. The van der Waals surface area contributed by atoms with Crippen LogP contribution in [0.5, 0.6) is 0 Å². The summed E-state index contributed by atoms with van der Waals surface area (Å²) in [6.45, 7) is 0. The predicted molar refractivity (Wildman–Crippen MR) is 70.2 cm³/mol. The van der Waals surface area contributed by atoms with Crippen LogP contribution in [0.1, 0.15) is 0 Å². The molecule has 2 N–H and O–H groups in total. The maximum Gasteiger partial charge on any atom is 0.348 e. The zero-order valence-electron chi connectivity index (χ0n) is 8.84. The summed E-state index contributed by atoms with van der Waals surface area (Å²) >= 11 is 7.27. The molecule has 4 nitrogen and oxygen atoms in total. The predicted octanol–water partition coefficient (Wildman–Crippen LogP) is 2.23. The average molecular weight is 268 g/mol. The van der Waals surface area contributed by atoms with Gasteiger partial charge in [0.25, 0.3) is 0 Å². The Morgan fingerprint density at radius 3 is 3.00 bits per heavy atom. The van der Waals surface area contributed by atoms with Crippen molar-refractivity contribution in [3.05, 3.63) is 52.2 Å². The van der Waals surface area contributed by atoms with Gasteiger partial charge in [-0.05, 0) is 24.3 Å². The van der Waals surface area contributed by atoms with Gasteiger partial charge in [-0.3, -0.25) is 4.57 Å². The minimum absolute atomic E-state index is 0.271. The maximum atomic E-state index is 11.4. The Bertz CT molecular complexity index is 585. The van der Waals surface area contributed by atoms with Crippen molar-refractivity contribution in [2.24, 2.45) is 0 Å². The number of nitrogens with zero attached hydrogens (tertiary/aromatic N) is 2. The van der Waals surface area contributed by atoms with Crippen LogP contribution < -0.4 is 11.4 Å². The molecule has 2 rings (SSSR count). The van der Waals surface area contributed by atoms with Gasteiger partial charge in [-0.1, -0.05) is 11.6 Å².